The quantitative estimate of drug-likeness (QED) is 0.301. The predicted octanol–water partition coefficient (Wildman–Crippen LogP) is 5.46. The normalized spacial score (nSPS) is 11.0. The summed E-state index contributed by atoms with van der Waals surface area (Å²) in [5.74, 6) is 1.16. The van der Waals surface area contributed by atoms with E-state index in [4.69, 9.17) is 0 Å². The molecule has 196 valence electrons. The van der Waals surface area contributed by atoms with Gasteiger partial charge in [0.05, 0.1) is 11.4 Å². The van der Waals surface area contributed by atoms with Crippen molar-refractivity contribution in [3.05, 3.63) is 165 Å². The Labute approximate surface area is 230 Å². The predicted molar refractivity (Wildman–Crippen MR) is 159 cm³/mol. The lowest BCUT2D eigenvalue weighted by molar-refractivity contribution is 0.816. The van der Waals surface area contributed by atoms with Gasteiger partial charge >= 0.3 is 0 Å². The minimum absolute atomic E-state index is 0.128. The van der Waals surface area contributed by atoms with E-state index in [1.807, 2.05) is 109 Å². The molecule has 0 saturated carbocycles. The molecule has 0 aliphatic heterocycles. The van der Waals surface area contributed by atoms with Crippen LogP contribution in [0.5, 0.6) is 0 Å². The zero-order chi connectivity index (χ0) is 27.6. The van der Waals surface area contributed by atoms with Gasteiger partial charge in [-0.25, -0.2) is 19.3 Å². The molecule has 0 saturated heterocycles. The summed E-state index contributed by atoms with van der Waals surface area (Å²) in [6, 6.07) is 33.8. The number of pyridine rings is 2. The van der Waals surface area contributed by atoms with Crippen molar-refractivity contribution < 1.29 is 0 Å². The molecule has 0 atom stereocenters. The third-order valence-electron chi connectivity index (χ3n) is 5.75. The lowest BCUT2D eigenvalue weighted by Gasteiger charge is -1.98. The summed E-state index contributed by atoms with van der Waals surface area (Å²) in [6.07, 6.45) is 11.0. The highest BCUT2D eigenvalue weighted by Crippen LogP contribution is 2.07. The fourth-order valence-electron chi connectivity index (χ4n) is 3.81. The molecule has 2 aromatic carbocycles. The Hall–Kier alpha value is -5.76. The average Bonchev–Trinajstić information content (AvgIpc) is 3.59. The van der Waals surface area contributed by atoms with Crippen molar-refractivity contribution in [1.82, 2.24) is 29.5 Å². The van der Waals surface area contributed by atoms with Gasteiger partial charge < -0.3 is 0 Å². The van der Waals surface area contributed by atoms with E-state index in [0.29, 0.717) is 11.6 Å². The molecule has 0 fully saturated rings. The van der Waals surface area contributed by atoms with Crippen molar-refractivity contribution in [2.45, 2.75) is 0 Å². The molecule has 0 aliphatic rings. The van der Waals surface area contributed by atoms with Gasteiger partial charge in [-0.15, -0.1) is 0 Å². The number of aromatic nitrogens is 6. The molecule has 0 bridgehead atoms. The van der Waals surface area contributed by atoms with Crippen LogP contribution in [-0.2, 0) is 0 Å². The van der Waals surface area contributed by atoms with E-state index >= 15 is 0 Å². The standard InChI is InChI=1S/2C16H13N3O/c2*20-16-12-14(10-9-13-6-2-1-3-7-13)18-19(16)15-8-4-5-11-17-15/h2*1-12,18H. The summed E-state index contributed by atoms with van der Waals surface area (Å²) in [6.45, 7) is 0. The first-order valence-electron chi connectivity index (χ1n) is 12.6. The summed E-state index contributed by atoms with van der Waals surface area (Å²) in [7, 11) is 0. The Morgan fingerprint density at radius 3 is 1.27 bits per heavy atom. The van der Waals surface area contributed by atoms with Crippen LogP contribution in [0.2, 0.25) is 0 Å². The van der Waals surface area contributed by atoms with Crippen LogP contribution < -0.4 is 11.1 Å². The molecule has 4 aromatic heterocycles. The molecule has 0 spiro atoms. The van der Waals surface area contributed by atoms with Gasteiger partial charge in [0.1, 0.15) is 0 Å². The number of nitrogens with zero attached hydrogens (tertiary/aromatic N) is 4. The smallest absolute Gasteiger partial charge is 0.273 e. The Balaban J connectivity index is 0.000000161. The molecule has 6 rings (SSSR count). The lowest BCUT2D eigenvalue weighted by atomic mass is 10.2. The van der Waals surface area contributed by atoms with E-state index in [9.17, 15) is 9.59 Å². The Morgan fingerprint density at radius 2 is 0.900 bits per heavy atom. The van der Waals surface area contributed by atoms with Crippen molar-refractivity contribution in [3.63, 3.8) is 0 Å². The van der Waals surface area contributed by atoms with Crippen molar-refractivity contribution in [1.29, 1.82) is 0 Å². The molecule has 0 radical (unpaired) electrons. The third-order valence-corrected chi connectivity index (χ3v) is 5.75. The van der Waals surface area contributed by atoms with Gasteiger partial charge in [-0.05, 0) is 47.5 Å². The molecule has 0 unspecified atom stereocenters. The van der Waals surface area contributed by atoms with Crippen molar-refractivity contribution in [2.24, 2.45) is 0 Å². The number of hydrogen-bond donors (Lipinski definition) is 2. The van der Waals surface area contributed by atoms with Crippen LogP contribution in [0.1, 0.15) is 22.5 Å². The molecule has 6 aromatic rings. The summed E-state index contributed by atoms with van der Waals surface area (Å²) in [5.41, 5.74) is 3.39. The van der Waals surface area contributed by atoms with Gasteiger partial charge in [0.25, 0.3) is 11.1 Å². The monoisotopic (exact) mass is 526 g/mol. The van der Waals surface area contributed by atoms with Crippen LogP contribution in [0.15, 0.2) is 131 Å². The molecular formula is C32H26N6O2. The summed E-state index contributed by atoms with van der Waals surface area (Å²) in [5, 5.41) is 6.05. The van der Waals surface area contributed by atoms with E-state index in [-0.39, 0.29) is 11.1 Å². The maximum atomic E-state index is 11.9. The molecular weight excluding hydrogens is 500 g/mol. The Morgan fingerprint density at radius 1 is 0.500 bits per heavy atom. The second-order valence-corrected chi connectivity index (χ2v) is 8.63. The van der Waals surface area contributed by atoms with Gasteiger partial charge in [-0.1, -0.05) is 84.9 Å². The highest BCUT2D eigenvalue weighted by atomic mass is 16.1. The van der Waals surface area contributed by atoms with Gasteiger partial charge in [0, 0.05) is 24.5 Å². The van der Waals surface area contributed by atoms with Crippen LogP contribution in [0.4, 0.5) is 0 Å². The average molecular weight is 527 g/mol. The molecule has 0 amide bonds. The van der Waals surface area contributed by atoms with Crippen molar-refractivity contribution >= 4 is 24.3 Å². The maximum absolute atomic E-state index is 11.9. The van der Waals surface area contributed by atoms with E-state index in [1.54, 1.807) is 36.7 Å². The molecule has 2 N–H and O–H groups in total. The van der Waals surface area contributed by atoms with E-state index in [2.05, 4.69) is 20.2 Å². The topological polar surface area (TPSA) is 101 Å². The van der Waals surface area contributed by atoms with Gasteiger partial charge in [-0.3, -0.25) is 19.8 Å². The number of nitrogens with one attached hydrogen (secondary N) is 2. The van der Waals surface area contributed by atoms with Crippen LogP contribution in [0, 0.1) is 0 Å². The second kappa shape index (κ2) is 12.7. The third kappa shape index (κ3) is 6.76. The van der Waals surface area contributed by atoms with Crippen molar-refractivity contribution in [2.75, 3.05) is 0 Å². The molecule has 0 aliphatic carbocycles. The number of benzene rings is 2. The van der Waals surface area contributed by atoms with Crippen LogP contribution in [0.25, 0.3) is 35.9 Å². The van der Waals surface area contributed by atoms with Crippen LogP contribution >= 0.6 is 0 Å². The zero-order valence-corrected chi connectivity index (χ0v) is 21.5. The minimum atomic E-state index is -0.128. The Kier molecular flexibility index (Phi) is 8.19. The summed E-state index contributed by atoms with van der Waals surface area (Å²) >= 11 is 0. The second-order valence-electron chi connectivity index (χ2n) is 8.63. The fourth-order valence-corrected chi connectivity index (χ4v) is 3.81. The highest BCUT2D eigenvalue weighted by Gasteiger charge is 2.04. The fraction of sp³-hybridized carbons (Fsp3) is 0. The Bertz CT molecular complexity index is 1680. The maximum Gasteiger partial charge on any atom is 0.273 e. The molecule has 4 heterocycles. The van der Waals surface area contributed by atoms with E-state index in [1.165, 1.54) is 9.36 Å². The van der Waals surface area contributed by atoms with E-state index < -0.39 is 0 Å². The first-order valence-corrected chi connectivity index (χ1v) is 12.6. The lowest BCUT2D eigenvalue weighted by Crippen LogP contribution is -2.14. The first-order chi connectivity index (χ1) is 19.7. The van der Waals surface area contributed by atoms with E-state index in [0.717, 1.165) is 22.5 Å². The molecule has 8 heteroatoms. The van der Waals surface area contributed by atoms with Gasteiger partial charge in [-0.2, -0.15) is 0 Å². The zero-order valence-electron chi connectivity index (χ0n) is 21.5. The number of rotatable bonds is 6. The number of H-pyrrole nitrogens is 2. The summed E-state index contributed by atoms with van der Waals surface area (Å²) < 4.78 is 2.84. The number of hydrogen-bond acceptors (Lipinski definition) is 4. The minimum Gasteiger partial charge on any atom is -0.289 e. The van der Waals surface area contributed by atoms with Gasteiger partial charge in [0.2, 0.25) is 0 Å². The first kappa shape index (κ1) is 25.9. The summed E-state index contributed by atoms with van der Waals surface area (Å²) in [4.78, 5) is 32.1. The molecule has 8 nitrogen and oxygen atoms in total. The van der Waals surface area contributed by atoms with Crippen molar-refractivity contribution in [3.8, 4) is 11.6 Å². The SMILES string of the molecule is O=c1cc(C=Cc2ccccc2)[nH]n1-c1ccccn1.O=c1cc(C=Cc2ccccc2)[nH]n1-c1ccccn1. The van der Waals surface area contributed by atoms with Crippen LogP contribution in [-0.4, -0.2) is 29.5 Å². The molecule has 40 heavy (non-hydrogen) atoms. The van der Waals surface area contributed by atoms with Gasteiger partial charge in [0.15, 0.2) is 11.6 Å². The van der Waals surface area contributed by atoms with Crippen LogP contribution in [0.3, 0.4) is 0 Å². The number of aromatic amines is 2. The largest absolute Gasteiger partial charge is 0.289 e. The highest BCUT2D eigenvalue weighted by molar-refractivity contribution is 5.68.